The number of hydrogen-bond acceptors (Lipinski definition) is 12. The number of nitrogens with one attached hydrogen (secondary N) is 2. The van der Waals surface area contributed by atoms with Crippen LogP contribution < -0.4 is 20.3 Å². The molecule has 0 fully saturated rings. The first kappa shape index (κ1) is 50.9. The van der Waals surface area contributed by atoms with Crippen LogP contribution in [-0.2, 0) is 30.3 Å². The van der Waals surface area contributed by atoms with E-state index in [9.17, 15) is 24.0 Å². The van der Waals surface area contributed by atoms with E-state index >= 15 is 0 Å². The fraction of sp³-hybridized carbons (Fsp3) is 0.432. The van der Waals surface area contributed by atoms with Crippen molar-refractivity contribution in [1.29, 1.82) is 0 Å². The van der Waals surface area contributed by atoms with E-state index in [1.807, 2.05) is 26.8 Å². The molecule has 3 aromatic rings. The van der Waals surface area contributed by atoms with Gasteiger partial charge in [-0.15, -0.1) is 0 Å². The maximum Gasteiger partial charge on any atom is 0.414 e. The van der Waals surface area contributed by atoms with Gasteiger partial charge in [0.15, 0.2) is 0 Å². The number of carbonyl (C=O) groups is 5. The van der Waals surface area contributed by atoms with Gasteiger partial charge >= 0.3 is 36.3 Å². The summed E-state index contributed by atoms with van der Waals surface area (Å²) in [6, 6.07) is 17.1. The molecule has 0 bridgehead atoms. The molecule has 0 aliphatic heterocycles. The van der Waals surface area contributed by atoms with Crippen LogP contribution in [0.3, 0.4) is 0 Å². The lowest BCUT2D eigenvalue weighted by atomic mass is 9.96. The Bertz CT molecular complexity index is 2070. The van der Waals surface area contributed by atoms with Gasteiger partial charge in [0.1, 0.15) is 22.6 Å². The minimum absolute atomic E-state index is 0.137. The van der Waals surface area contributed by atoms with Crippen molar-refractivity contribution in [2.45, 2.75) is 106 Å². The number of halogens is 1. The maximum absolute atomic E-state index is 14.0. The van der Waals surface area contributed by atoms with Gasteiger partial charge in [-0.25, -0.2) is 29.0 Å². The number of alkyl carbamates (subject to hydrolysis) is 2. The summed E-state index contributed by atoms with van der Waals surface area (Å²) in [6.07, 6.45) is -1.46. The number of esters is 2. The summed E-state index contributed by atoms with van der Waals surface area (Å²) in [6.45, 7) is 22.2. The average Bonchev–Trinajstić information content (AvgIpc) is 3.08. The third-order valence-corrected chi connectivity index (χ3v) is 7.53. The predicted molar refractivity (Wildman–Crippen MR) is 229 cm³/mol. The Morgan fingerprint density at radius 3 is 1.69 bits per heavy atom. The van der Waals surface area contributed by atoms with Gasteiger partial charge in [-0.1, -0.05) is 44.5 Å². The second-order valence-corrected chi connectivity index (χ2v) is 18.2. The van der Waals surface area contributed by atoms with E-state index in [1.54, 1.807) is 98.5 Å². The first-order valence-corrected chi connectivity index (χ1v) is 19.4. The minimum atomic E-state index is -0.854. The van der Waals surface area contributed by atoms with Gasteiger partial charge in [-0.05, 0) is 122 Å². The molecule has 330 valence electrons. The van der Waals surface area contributed by atoms with Gasteiger partial charge in [0.25, 0.3) is 0 Å². The quantitative estimate of drug-likeness (QED) is 0.0720. The molecular weight excluding hydrogens is 810 g/mol. The molecule has 0 aliphatic rings. The highest BCUT2D eigenvalue weighted by Gasteiger charge is 2.27. The number of carbonyl (C=O) groups excluding carboxylic acids is 7. The zero-order valence-corrected chi connectivity index (χ0v) is 37.7. The van der Waals surface area contributed by atoms with Crippen molar-refractivity contribution in [3.63, 3.8) is 0 Å². The van der Waals surface area contributed by atoms with Gasteiger partial charge in [-0.3, -0.25) is 15.5 Å². The van der Waals surface area contributed by atoms with Crippen molar-refractivity contribution in [2.75, 3.05) is 18.5 Å². The summed E-state index contributed by atoms with van der Waals surface area (Å²) in [5.74, 6) is -1.27. The van der Waals surface area contributed by atoms with E-state index < -0.39 is 40.9 Å². The summed E-state index contributed by atoms with van der Waals surface area (Å²) in [5.41, 5.74) is -0.583. The summed E-state index contributed by atoms with van der Waals surface area (Å²) in [7, 11) is 1.60. The highest BCUT2D eigenvalue weighted by atomic mass is 35.5. The van der Waals surface area contributed by atoms with E-state index in [1.165, 1.54) is 41.3 Å². The number of guanidine groups is 1. The molecule has 0 radical (unpaired) electrons. The third kappa shape index (κ3) is 19.1. The Hall–Kier alpha value is -6.25. The van der Waals surface area contributed by atoms with Crippen LogP contribution in [0.5, 0.6) is 5.75 Å². The van der Waals surface area contributed by atoms with Crippen LogP contribution in [0, 0.1) is 5.41 Å². The zero-order valence-electron chi connectivity index (χ0n) is 37.0. The molecule has 61 heavy (non-hydrogen) atoms. The van der Waals surface area contributed by atoms with E-state index in [4.69, 9.17) is 40.1 Å². The van der Waals surface area contributed by atoms with Gasteiger partial charge in [-0.2, -0.15) is 9.59 Å². The van der Waals surface area contributed by atoms with Gasteiger partial charge in [0, 0.05) is 26.2 Å². The molecule has 0 unspecified atom stereocenters. The number of urea groups is 1. The fourth-order valence-electron chi connectivity index (χ4n) is 5.11. The van der Waals surface area contributed by atoms with E-state index in [0.717, 1.165) is 5.56 Å². The fourth-order valence-corrected chi connectivity index (χ4v) is 5.41. The second kappa shape index (κ2) is 21.3. The van der Waals surface area contributed by atoms with Gasteiger partial charge < -0.3 is 23.8 Å². The van der Waals surface area contributed by atoms with Crippen molar-refractivity contribution < 1.29 is 52.5 Å². The summed E-state index contributed by atoms with van der Waals surface area (Å²) >= 11 is 6.67. The highest BCUT2D eigenvalue weighted by Crippen LogP contribution is 2.31. The number of hydrogen-bond donors (Lipinski definition) is 2. The number of nitrogens with zero attached hydrogens (tertiary/aromatic N) is 3. The largest absolute Gasteiger partial charge is 0.456 e. The minimum Gasteiger partial charge on any atom is -0.456 e. The van der Waals surface area contributed by atoms with Crippen LogP contribution in [-0.4, -0.2) is 77.6 Å². The Morgan fingerprint density at radius 2 is 1.21 bits per heavy atom. The normalized spacial score (nSPS) is 11.3. The lowest BCUT2D eigenvalue weighted by molar-refractivity contribution is -0.191. The molecular formula is C44H56ClN5O11. The van der Waals surface area contributed by atoms with E-state index in [-0.39, 0.29) is 52.1 Å². The number of benzene rings is 3. The summed E-state index contributed by atoms with van der Waals surface area (Å²) in [4.78, 5) is 88.4. The van der Waals surface area contributed by atoms with Crippen molar-refractivity contribution in [3.05, 3.63) is 88.4 Å². The van der Waals surface area contributed by atoms with Crippen LogP contribution in [0.15, 0.2) is 71.7 Å². The molecule has 0 heterocycles. The van der Waals surface area contributed by atoms with Gasteiger partial charge in [0.05, 0.1) is 27.5 Å². The van der Waals surface area contributed by atoms with Crippen LogP contribution in [0.25, 0.3) is 0 Å². The number of aliphatic imine (C=N–C) groups is 1. The second-order valence-electron chi connectivity index (χ2n) is 17.8. The van der Waals surface area contributed by atoms with Crippen LogP contribution >= 0.6 is 11.6 Å². The molecule has 4 amide bonds. The van der Waals surface area contributed by atoms with Crippen molar-refractivity contribution in [3.8, 4) is 5.75 Å². The Labute approximate surface area is 361 Å². The number of ether oxygens (including phenoxy) is 4. The van der Waals surface area contributed by atoms with Crippen molar-refractivity contribution >= 4 is 65.2 Å². The smallest absolute Gasteiger partial charge is 0.414 e. The van der Waals surface area contributed by atoms with Crippen molar-refractivity contribution in [2.24, 2.45) is 10.4 Å². The molecule has 2 N–H and O–H groups in total. The monoisotopic (exact) mass is 865 g/mol. The van der Waals surface area contributed by atoms with Crippen LogP contribution in [0.4, 0.5) is 25.8 Å². The molecule has 0 aromatic heterocycles. The van der Waals surface area contributed by atoms with E-state index in [0.29, 0.717) is 17.8 Å². The maximum atomic E-state index is 14.0. The average molecular weight is 866 g/mol. The molecule has 0 saturated carbocycles. The first-order chi connectivity index (χ1) is 28.0. The lowest BCUT2D eigenvalue weighted by Crippen LogP contribution is -2.47. The Kier molecular flexibility index (Phi) is 17.8. The molecule has 16 nitrogen and oxygen atoms in total. The number of amides is 4. The molecule has 0 spiro atoms. The lowest BCUT2D eigenvalue weighted by Gasteiger charge is -2.33. The van der Waals surface area contributed by atoms with Crippen LogP contribution in [0.1, 0.15) is 109 Å². The topological polar surface area (TPSA) is 199 Å². The summed E-state index contributed by atoms with van der Waals surface area (Å²) < 4.78 is 21.7. The molecule has 0 saturated heterocycles. The van der Waals surface area contributed by atoms with Crippen molar-refractivity contribution in [1.82, 2.24) is 15.5 Å². The number of anilines is 1. The molecule has 3 rings (SSSR count). The summed E-state index contributed by atoms with van der Waals surface area (Å²) in [5, 5.41) is 4.97. The van der Waals surface area contributed by atoms with Gasteiger partial charge in [0.2, 0.25) is 5.96 Å². The van der Waals surface area contributed by atoms with Crippen LogP contribution in [0.2, 0.25) is 5.02 Å². The zero-order chi connectivity index (χ0) is 46.5. The highest BCUT2D eigenvalue weighted by molar-refractivity contribution is 6.34. The SMILES string of the molecule is CN(C(=O)N(Cc1cccc(C(=O)OC(C)(C)C)c1)CC(C)(C)C)c1ccc(OC(=O)c2ccc(N=C(NC(=O)OC(C)(C)C)NC(=O)OC(C)(C)C)cc2)cc1Cl.O=C=O. The molecule has 0 atom stereocenters. The molecule has 0 aliphatic carbocycles. The Morgan fingerprint density at radius 1 is 0.689 bits per heavy atom. The van der Waals surface area contributed by atoms with E-state index in [2.05, 4.69) is 15.6 Å². The third-order valence-electron chi connectivity index (χ3n) is 7.23. The standard InChI is InChI=1S/C43H56ClN5O9.CO2/c1-40(2,3)26-49(25-27-15-14-16-29(23-27)35(51)56-41(4,5)6)39(54)48(13)33-22-21-31(24-32(33)44)55-34(50)28-17-19-30(20-18-28)45-36(46-37(52)57-42(7,8)9)47-38(53)58-43(10,11)12;2-1-3/h14-24H,25-26H2,1-13H3,(H2,45,46,47,52,53);. The molecule has 3 aromatic carbocycles. The first-order valence-electron chi connectivity index (χ1n) is 19.0. The Balaban J connectivity index is 0.00000414. The number of rotatable bonds is 8. The molecule has 17 heteroatoms. The predicted octanol–water partition coefficient (Wildman–Crippen LogP) is 9.07.